The molecule has 0 atom stereocenters. The largest absolute Gasteiger partial charge is 0.497 e. The maximum absolute atomic E-state index is 8.95. The number of hydrogen-bond acceptors (Lipinski definition) is 4. The Kier molecular flexibility index (Phi) is 3.99. The van der Waals surface area contributed by atoms with Crippen LogP contribution in [-0.2, 0) is 15.3 Å². The van der Waals surface area contributed by atoms with Crippen LogP contribution >= 0.6 is 0 Å². The van der Waals surface area contributed by atoms with Crippen LogP contribution in [0.2, 0.25) is 0 Å². The van der Waals surface area contributed by atoms with Crippen LogP contribution in [0.5, 0.6) is 5.75 Å². The molecule has 0 aromatic heterocycles. The van der Waals surface area contributed by atoms with Crippen LogP contribution in [0, 0.1) is 0 Å². The minimum atomic E-state index is -0.711. The molecule has 1 aliphatic heterocycles. The minimum Gasteiger partial charge on any atom is -0.497 e. The van der Waals surface area contributed by atoms with Gasteiger partial charge in [-0.15, -0.1) is 0 Å². The van der Waals surface area contributed by atoms with Crippen molar-refractivity contribution < 1.29 is 19.3 Å². The van der Waals surface area contributed by atoms with Gasteiger partial charge < -0.3 is 19.3 Å². The topological polar surface area (TPSA) is 47.9 Å². The molecule has 4 nitrogen and oxygen atoms in total. The van der Waals surface area contributed by atoms with Crippen molar-refractivity contribution in [3.63, 3.8) is 0 Å². The first-order valence-corrected chi connectivity index (χ1v) is 5.84. The molecule has 1 heterocycles. The first-order chi connectivity index (χ1) is 8.30. The van der Waals surface area contributed by atoms with Crippen molar-refractivity contribution in [1.29, 1.82) is 0 Å². The second kappa shape index (κ2) is 5.49. The van der Waals surface area contributed by atoms with Gasteiger partial charge in [-0.05, 0) is 18.6 Å². The smallest absolute Gasteiger partial charge is 0.195 e. The summed E-state index contributed by atoms with van der Waals surface area (Å²) >= 11 is 0. The third-order valence-electron chi connectivity index (χ3n) is 2.93. The number of aliphatic hydroxyl groups is 1. The summed E-state index contributed by atoms with van der Waals surface area (Å²) in [6.07, 6.45) is 1.30. The monoisotopic (exact) mass is 238 g/mol. The molecule has 1 saturated heterocycles. The summed E-state index contributed by atoms with van der Waals surface area (Å²) < 4.78 is 16.7. The molecule has 1 aromatic rings. The Morgan fingerprint density at radius 2 is 2.12 bits per heavy atom. The van der Waals surface area contributed by atoms with Gasteiger partial charge in [0.05, 0.1) is 20.3 Å². The summed E-state index contributed by atoms with van der Waals surface area (Å²) in [6, 6.07) is 7.69. The SMILES string of the molecule is COc1cccc(C2(CCCO)OCCO2)c1. The Balaban J connectivity index is 2.25. The highest BCUT2D eigenvalue weighted by molar-refractivity contribution is 5.31. The lowest BCUT2D eigenvalue weighted by atomic mass is 10.0. The van der Waals surface area contributed by atoms with Gasteiger partial charge in [-0.1, -0.05) is 12.1 Å². The zero-order valence-corrected chi connectivity index (χ0v) is 10.0. The van der Waals surface area contributed by atoms with Gasteiger partial charge in [-0.25, -0.2) is 0 Å². The van der Waals surface area contributed by atoms with Crippen molar-refractivity contribution >= 4 is 0 Å². The molecule has 94 valence electrons. The highest BCUT2D eigenvalue weighted by Gasteiger charge is 2.38. The molecule has 1 fully saturated rings. The Hall–Kier alpha value is -1.10. The Bertz CT molecular complexity index is 358. The molecule has 0 bridgehead atoms. The lowest BCUT2D eigenvalue weighted by Gasteiger charge is -2.28. The maximum atomic E-state index is 8.95. The Labute approximate surface area is 101 Å². The van der Waals surface area contributed by atoms with E-state index in [0.717, 1.165) is 11.3 Å². The number of hydrogen-bond donors (Lipinski definition) is 1. The van der Waals surface area contributed by atoms with Crippen LogP contribution in [0.25, 0.3) is 0 Å². The van der Waals surface area contributed by atoms with Gasteiger partial charge in [0.1, 0.15) is 5.75 Å². The van der Waals surface area contributed by atoms with Crippen LogP contribution in [0.3, 0.4) is 0 Å². The molecule has 0 radical (unpaired) electrons. The number of rotatable bonds is 5. The van der Waals surface area contributed by atoms with Gasteiger partial charge in [0.2, 0.25) is 0 Å². The second-order valence-corrected chi connectivity index (χ2v) is 4.01. The first-order valence-electron chi connectivity index (χ1n) is 5.84. The van der Waals surface area contributed by atoms with Crippen LogP contribution in [0.4, 0.5) is 0 Å². The molecule has 0 unspecified atom stereocenters. The van der Waals surface area contributed by atoms with Gasteiger partial charge >= 0.3 is 0 Å². The summed E-state index contributed by atoms with van der Waals surface area (Å²) in [5, 5.41) is 8.95. The fourth-order valence-corrected chi connectivity index (χ4v) is 2.08. The van der Waals surface area contributed by atoms with E-state index in [9.17, 15) is 0 Å². The molecule has 1 N–H and O–H groups in total. The highest BCUT2D eigenvalue weighted by Crippen LogP contribution is 2.37. The van der Waals surface area contributed by atoms with Crippen molar-refractivity contribution in [2.45, 2.75) is 18.6 Å². The van der Waals surface area contributed by atoms with E-state index in [0.29, 0.717) is 26.1 Å². The van der Waals surface area contributed by atoms with E-state index in [1.807, 2.05) is 24.3 Å². The summed E-state index contributed by atoms with van der Waals surface area (Å²) in [5.74, 6) is 0.0713. The van der Waals surface area contributed by atoms with Crippen LogP contribution in [0.15, 0.2) is 24.3 Å². The Morgan fingerprint density at radius 3 is 2.76 bits per heavy atom. The molecule has 1 aliphatic rings. The standard InChI is InChI=1S/C13H18O4/c1-15-12-5-2-4-11(10-12)13(6-3-7-14)16-8-9-17-13/h2,4-5,10,14H,3,6-9H2,1H3. The first kappa shape index (κ1) is 12.4. The molecule has 1 aromatic carbocycles. The molecule has 17 heavy (non-hydrogen) atoms. The lowest BCUT2D eigenvalue weighted by molar-refractivity contribution is -0.172. The van der Waals surface area contributed by atoms with Gasteiger partial charge in [-0.3, -0.25) is 0 Å². The fourth-order valence-electron chi connectivity index (χ4n) is 2.08. The normalized spacial score (nSPS) is 18.2. The highest BCUT2D eigenvalue weighted by atomic mass is 16.7. The summed E-state index contributed by atoms with van der Waals surface area (Å²) in [6.45, 7) is 1.31. The quantitative estimate of drug-likeness (QED) is 0.847. The third kappa shape index (κ3) is 2.60. The van der Waals surface area contributed by atoms with E-state index in [4.69, 9.17) is 19.3 Å². The Morgan fingerprint density at radius 1 is 1.35 bits per heavy atom. The number of methoxy groups -OCH3 is 1. The zero-order chi connectivity index (χ0) is 12.1. The van der Waals surface area contributed by atoms with Crippen LogP contribution in [0.1, 0.15) is 18.4 Å². The summed E-state index contributed by atoms with van der Waals surface area (Å²) in [7, 11) is 1.63. The molecule has 4 heteroatoms. The second-order valence-electron chi connectivity index (χ2n) is 4.01. The van der Waals surface area contributed by atoms with E-state index in [1.165, 1.54) is 0 Å². The molecule has 2 rings (SSSR count). The van der Waals surface area contributed by atoms with E-state index < -0.39 is 5.79 Å². The van der Waals surface area contributed by atoms with Crippen molar-refractivity contribution in [3.05, 3.63) is 29.8 Å². The average molecular weight is 238 g/mol. The van der Waals surface area contributed by atoms with Gasteiger partial charge in [0.15, 0.2) is 5.79 Å². The predicted molar refractivity (Wildman–Crippen MR) is 62.9 cm³/mol. The number of benzene rings is 1. The molecular formula is C13H18O4. The summed E-state index contributed by atoms with van der Waals surface area (Å²) in [5.41, 5.74) is 0.947. The molecular weight excluding hydrogens is 220 g/mol. The molecule has 0 aliphatic carbocycles. The minimum absolute atomic E-state index is 0.137. The van der Waals surface area contributed by atoms with Crippen molar-refractivity contribution in [2.75, 3.05) is 26.9 Å². The van der Waals surface area contributed by atoms with Crippen molar-refractivity contribution in [1.82, 2.24) is 0 Å². The molecule has 0 spiro atoms. The lowest BCUT2D eigenvalue weighted by Crippen LogP contribution is -2.27. The van der Waals surface area contributed by atoms with Crippen LogP contribution < -0.4 is 4.74 Å². The van der Waals surface area contributed by atoms with E-state index in [1.54, 1.807) is 7.11 Å². The van der Waals surface area contributed by atoms with E-state index in [-0.39, 0.29) is 6.61 Å². The van der Waals surface area contributed by atoms with Gasteiger partial charge in [0, 0.05) is 18.6 Å². The van der Waals surface area contributed by atoms with E-state index in [2.05, 4.69) is 0 Å². The van der Waals surface area contributed by atoms with Gasteiger partial charge in [0.25, 0.3) is 0 Å². The fraction of sp³-hybridized carbons (Fsp3) is 0.538. The van der Waals surface area contributed by atoms with Crippen molar-refractivity contribution in [2.24, 2.45) is 0 Å². The number of ether oxygens (including phenoxy) is 3. The molecule has 0 amide bonds. The third-order valence-corrected chi connectivity index (χ3v) is 2.93. The van der Waals surface area contributed by atoms with Crippen molar-refractivity contribution in [3.8, 4) is 5.75 Å². The maximum Gasteiger partial charge on any atom is 0.195 e. The average Bonchev–Trinajstić information content (AvgIpc) is 2.86. The van der Waals surface area contributed by atoms with E-state index >= 15 is 0 Å². The predicted octanol–water partition coefficient (Wildman–Crippen LogP) is 1.67. The zero-order valence-electron chi connectivity index (χ0n) is 10.0. The van der Waals surface area contributed by atoms with Gasteiger partial charge in [-0.2, -0.15) is 0 Å². The number of aliphatic hydroxyl groups excluding tert-OH is 1. The van der Waals surface area contributed by atoms with Crippen LogP contribution in [-0.4, -0.2) is 32.0 Å². The summed E-state index contributed by atoms with van der Waals surface area (Å²) in [4.78, 5) is 0. The molecule has 0 saturated carbocycles.